The summed E-state index contributed by atoms with van der Waals surface area (Å²) in [4.78, 5) is 12.2. The van der Waals surface area contributed by atoms with E-state index in [-0.39, 0.29) is 6.04 Å². The maximum atomic E-state index is 4.91. The zero-order valence-corrected chi connectivity index (χ0v) is 23.7. The van der Waals surface area contributed by atoms with Gasteiger partial charge in [-0.3, -0.25) is 4.99 Å². The van der Waals surface area contributed by atoms with Crippen LogP contribution < -0.4 is 16.0 Å². The molecule has 6 heteroatoms. The van der Waals surface area contributed by atoms with E-state index in [4.69, 9.17) is 9.98 Å². The molecule has 0 spiro atoms. The highest BCUT2D eigenvalue weighted by Gasteiger charge is 2.13. The van der Waals surface area contributed by atoms with Gasteiger partial charge in [0, 0.05) is 43.8 Å². The molecule has 1 unspecified atom stereocenters. The van der Waals surface area contributed by atoms with E-state index < -0.39 is 0 Å². The van der Waals surface area contributed by atoms with Crippen LogP contribution in [0.2, 0.25) is 0 Å². The maximum absolute atomic E-state index is 4.91. The van der Waals surface area contributed by atoms with E-state index in [1.165, 1.54) is 5.56 Å². The number of aryl methyl sites for hydroxylation is 2. The number of hydrogen-bond donors (Lipinski definition) is 3. The number of hydrogen-bond acceptors (Lipinski definition) is 5. The van der Waals surface area contributed by atoms with Crippen molar-refractivity contribution in [2.75, 3.05) is 38.5 Å². The molecule has 0 aliphatic rings. The second-order valence-corrected chi connectivity index (χ2v) is 9.39. The third-order valence-electron chi connectivity index (χ3n) is 6.20. The third kappa shape index (κ3) is 12.2. The molecule has 1 aromatic heterocycles. The SMILES string of the molecule is C=CC(=NC(CCN(CCCCc1ccc(CC)c(NC)n1)CCNC(=C)C)C(=C)C)N/C(C)=C\C. The third-order valence-corrected chi connectivity index (χ3v) is 6.20. The van der Waals surface area contributed by atoms with Crippen molar-refractivity contribution in [2.24, 2.45) is 4.99 Å². The minimum atomic E-state index is 0.0491. The van der Waals surface area contributed by atoms with Gasteiger partial charge in [0.15, 0.2) is 0 Å². The highest BCUT2D eigenvalue weighted by Crippen LogP contribution is 2.15. The number of nitrogens with zero attached hydrogens (tertiary/aromatic N) is 3. The van der Waals surface area contributed by atoms with Gasteiger partial charge in [-0.2, -0.15) is 0 Å². The Kier molecular flexibility index (Phi) is 15.2. The molecule has 1 rings (SSSR count). The summed E-state index contributed by atoms with van der Waals surface area (Å²) in [6, 6.07) is 4.42. The molecule has 0 aliphatic heterocycles. The van der Waals surface area contributed by atoms with E-state index in [1.807, 2.05) is 33.9 Å². The molecular formula is C30H50N6. The summed E-state index contributed by atoms with van der Waals surface area (Å²) in [5, 5.41) is 9.92. The predicted octanol–water partition coefficient (Wildman–Crippen LogP) is 5.87. The van der Waals surface area contributed by atoms with Gasteiger partial charge in [-0.05, 0) is 84.0 Å². The largest absolute Gasteiger partial charge is 0.388 e. The summed E-state index contributed by atoms with van der Waals surface area (Å²) in [5.74, 6) is 1.79. The first-order chi connectivity index (χ1) is 17.2. The number of aliphatic imine (C=N–C) groups is 1. The highest BCUT2D eigenvalue weighted by molar-refractivity contribution is 5.93. The number of nitrogens with one attached hydrogen (secondary N) is 3. The second kappa shape index (κ2) is 17.6. The molecule has 1 aromatic rings. The Bertz CT molecular complexity index is 899. The fraction of sp³-hybridized carbons (Fsp3) is 0.533. The summed E-state index contributed by atoms with van der Waals surface area (Å²) < 4.78 is 0. The van der Waals surface area contributed by atoms with Crippen LogP contribution in [0.4, 0.5) is 5.82 Å². The van der Waals surface area contributed by atoms with Gasteiger partial charge in [0.25, 0.3) is 0 Å². The van der Waals surface area contributed by atoms with Crippen molar-refractivity contribution in [2.45, 2.75) is 72.8 Å². The van der Waals surface area contributed by atoms with Gasteiger partial charge in [-0.1, -0.05) is 44.4 Å². The van der Waals surface area contributed by atoms with Gasteiger partial charge in [0.05, 0.1) is 6.04 Å². The lowest BCUT2D eigenvalue weighted by Crippen LogP contribution is -2.34. The maximum Gasteiger partial charge on any atom is 0.129 e. The monoisotopic (exact) mass is 494 g/mol. The Balaban J connectivity index is 2.74. The van der Waals surface area contributed by atoms with Crippen LogP contribution in [-0.4, -0.2) is 55.0 Å². The molecule has 3 N–H and O–H groups in total. The van der Waals surface area contributed by atoms with Crippen molar-refractivity contribution in [1.29, 1.82) is 0 Å². The van der Waals surface area contributed by atoms with Crippen molar-refractivity contribution in [3.8, 4) is 0 Å². The van der Waals surface area contributed by atoms with Crippen molar-refractivity contribution in [3.63, 3.8) is 0 Å². The fourth-order valence-electron chi connectivity index (χ4n) is 3.88. The molecule has 0 bridgehead atoms. The van der Waals surface area contributed by atoms with Crippen LogP contribution in [0.3, 0.4) is 0 Å². The van der Waals surface area contributed by atoms with Gasteiger partial charge in [-0.25, -0.2) is 4.98 Å². The topological polar surface area (TPSA) is 64.6 Å². The van der Waals surface area contributed by atoms with Crippen molar-refractivity contribution < 1.29 is 0 Å². The van der Waals surface area contributed by atoms with Gasteiger partial charge >= 0.3 is 0 Å². The molecule has 0 saturated carbocycles. The van der Waals surface area contributed by atoms with E-state index in [0.717, 1.165) is 92.6 Å². The van der Waals surface area contributed by atoms with E-state index in [1.54, 1.807) is 6.08 Å². The summed E-state index contributed by atoms with van der Waals surface area (Å²) >= 11 is 0. The lowest BCUT2D eigenvalue weighted by molar-refractivity contribution is 0.263. The van der Waals surface area contributed by atoms with Gasteiger partial charge < -0.3 is 20.9 Å². The Morgan fingerprint density at radius 2 is 1.89 bits per heavy atom. The molecule has 0 saturated heterocycles. The average Bonchev–Trinajstić information content (AvgIpc) is 2.86. The first-order valence-electron chi connectivity index (χ1n) is 13.3. The average molecular weight is 495 g/mol. The van der Waals surface area contributed by atoms with E-state index in [0.29, 0.717) is 0 Å². The van der Waals surface area contributed by atoms with Gasteiger partial charge in [0.2, 0.25) is 0 Å². The predicted molar refractivity (Wildman–Crippen MR) is 159 cm³/mol. The van der Waals surface area contributed by atoms with Crippen molar-refractivity contribution in [1.82, 2.24) is 20.5 Å². The van der Waals surface area contributed by atoms with E-state index >= 15 is 0 Å². The van der Waals surface area contributed by atoms with Crippen LogP contribution in [-0.2, 0) is 12.8 Å². The molecule has 0 fully saturated rings. The number of unbranched alkanes of at least 4 members (excludes halogenated alkanes) is 1. The molecule has 1 atom stereocenters. The summed E-state index contributed by atoms with van der Waals surface area (Å²) in [7, 11) is 1.94. The highest BCUT2D eigenvalue weighted by atomic mass is 15.1. The van der Waals surface area contributed by atoms with Crippen LogP contribution >= 0.6 is 0 Å². The zero-order chi connectivity index (χ0) is 26.9. The van der Waals surface area contributed by atoms with Crippen molar-refractivity contribution >= 4 is 11.7 Å². The minimum Gasteiger partial charge on any atom is -0.388 e. The van der Waals surface area contributed by atoms with Crippen LogP contribution in [0, 0.1) is 0 Å². The van der Waals surface area contributed by atoms with Crippen LogP contribution in [0.1, 0.15) is 65.1 Å². The molecule has 0 amide bonds. The van der Waals surface area contributed by atoms with Crippen LogP contribution in [0.15, 0.2) is 66.0 Å². The smallest absolute Gasteiger partial charge is 0.129 e. The Hall–Kier alpha value is -2.86. The molecule has 0 radical (unpaired) electrons. The standard InChI is InChI=1S/C30H50N6/c1-10-25(8)33-29(12-3)35-28(23(4)5)18-21-36(22-19-32-24(6)7)20-14-13-15-27-17-16-26(11-2)30(31-9)34-27/h10,12,16-17,28,32H,3-4,6,11,13-15,18-22H2,1-2,5,7-9H3,(H,31,34)(H,33,35)/b25-10-. The minimum absolute atomic E-state index is 0.0491. The molecule has 6 nitrogen and oxygen atoms in total. The normalized spacial score (nSPS) is 12.9. The first-order valence-corrected chi connectivity index (χ1v) is 13.3. The van der Waals surface area contributed by atoms with Crippen molar-refractivity contribution in [3.05, 3.63) is 72.2 Å². The summed E-state index contributed by atoms with van der Waals surface area (Å²) in [6.45, 7) is 26.2. The van der Waals surface area contributed by atoms with Crippen LogP contribution in [0.25, 0.3) is 0 Å². The second-order valence-electron chi connectivity index (χ2n) is 9.39. The zero-order valence-electron chi connectivity index (χ0n) is 23.7. The summed E-state index contributed by atoms with van der Waals surface area (Å²) in [5.41, 5.74) is 5.55. The number of rotatable bonds is 18. The Morgan fingerprint density at radius 1 is 1.14 bits per heavy atom. The quantitative estimate of drug-likeness (QED) is 0.103. The van der Waals surface area contributed by atoms with Gasteiger partial charge in [0.1, 0.15) is 11.7 Å². The fourth-order valence-corrected chi connectivity index (χ4v) is 3.88. The number of pyridine rings is 1. The summed E-state index contributed by atoms with van der Waals surface area (Å²) in [6.07, 6.45) is 8.94. The molecule has 200 valence electrons. The molecular weight excluding hydrogens is 444 g/mol. The number of amidine groups is 1. The number of allylic oxidation sites excluding steroid dienone is 3. The van der Waals surface area contributed by atoms with E-state index in [2.05, 4.69) is 66.6 Å². The van der Waals surface area contributed by atoms with Gasteiger partial charge in [-0.15, -0.1) is 0 Å². The lowest BCUT2D eigenvalue weighted by Gasteiger charge is -2.25. The number of aromatic nitrogens is 1. The lowest BCUT2D eigenvalue weighted by atomic mass is 10.1. The molecule has 0 aliphatic carbocycles. The Morgan fingerprint density at radius 3 is 2.47 bits per heavy atom. The van der Waals surface area contributed by atoms with Crippen LogP contribution in [0.5, 0.6) is 0 Å². The molecule has 1 heterocycles. The number of anilines is 1. The first kappa shape index (κ1) is 31.2. The Labute approximate surface area is 220 Å². The molecule has 0 aromatic carbocycles. The van der Waals surface area contributed by atoms with E-state index in [9.17, 15) is 0 Å². The molecule has 36 heavy (non-hydrogen) atoms.